The Morgan fingerprint density at radius 2 is 1.76 bits per heavy atom. The Balaban J connectivity index is 2.10. The van der Waals surface area contributed by atoms with E-state index in [1.54, 1.807) is 0 Å². The smallest absolute Gasteiger partial charge is 0.126 e. The van der Waals surface area contributed by atoms with Crippen molar-refractivity contribution in [2.24, 2.45) is 5.92 Å². The molecule has 1 atom stereocenters. The number of hydrogen-bond donors (Lipinski definition) is 1. The van der Waals surface area contributed by atoms with Gasteiger partial charge in [0.05, 0.1) is 0 Å². The Kier molecular flexibility index (Phi) is 4.11. The molecule has 1 fully saturated rings. The number of nitrogens with one attached hydrogen (secondary N) is 1. The van der Waals surface area contributed by atoms with Crippen LogP contribution in [0.4, 0.5) is 8.78 Å². The molecule has 1 aliphatic rings. The second kappa shape index (κ2) is 5.58. The molecule has 1 N–H and O–H groups in total. The summed E-state index contributed by atoms with van der Waals surface area (Å²) in [5.74, 6) is -0.294. The molecular formula is C14H19F2N. The van der Waals surface area contributed by atoms with Gasteiger partial charge in [0.1, 0.15) is 11.6 Å². The monoisotopic (exact) mass is 239 g/mol. The standard InChI is InChI=1S/C14H19F2N/c1-17-14(6-10-4-2-3-5-10)11-7-12(15)9-13(16)8-11/h7-10,14,17H,2-6H2,1H3. The van der Waals surface area contributed by atoms with Gasteiger partial charge in [-0.2, -0.15) is 0 Å². The van der Waals surface area contributed by atoms with Crippen LogP contribution in [0.15, 0.2) is 18.2 Å². The molecule has 0 saturated heterocycles. The van der Waals surface area contributed by atoms with Crippen molar-refractivity contribution < 1.29 is 8.78 Å². The minimum Gasteiger partial charge on any atom is -0.313 e. The van der Waals surface area contributed by atoms with Crippen LogP contribution in [-0.2, 0) is 0 Å². The van der Waals surface area contributed by atoms with Crippen molar-refractivity contribution in [2.45, 2.75) is 38.1 Å². The molecule has 3 heteroatoms. The molecule has 0 aliphatic heterocycles. The van der Waals surface area contributed by atoms with Crippen LogP contribution in [0.25, 0.3) is 0 Å². The van der Waals surface area contributed by atoms with Crippen molar-refractivity contribution in [3.05, 3.63) is 35.4 Å². The maximum absolute atomic E-state index is 13.2. The fourth-order valence-corrected chi connectivity index (χ4v) is 2.78. The second-order valence-electron chi connectivity index (χ2n) is 4.93. The summed E-state index contributed by atoms with van der Waals surface area (Å²) >= 11 is 0. The van der Waals surface area contributed by atoms with Crippen LogP contribution in [0, 0.1) is 17.6 Å². The zero-order valence-corrected chi connectivity index (χ0v) is 10.2. The van der Waals surface area contributed by atoms with Gasteiger partial charge in [-0.25, -0.2) is 8.78 Å². The predicted octanol–water partition coefficient (Wildman–Crippen LogP) is 3.81. The van der Waals surface area contributed by atoms with Crippen LogP contribution in [0.1, 0.15) is 43.7 Å². The molecule has 2 rings (SSSR count). The molecule has 1 unspecified atom stereocenters. The van der Waals surface area contributed by atoms with Crippen LogP contribution in [0.3, 0.4) is 0 Å². The van der Waals surface area contributed by atoms with Crippen molar-refractivity contribution in [2.75, 3.05) is 7.05 Å². The lowest BCUT2D eigenvalue weighted by Gasteiger charge is -2.20. The zero-order chi connectivity index (χ0) is 12.3. The van der Waals surface area contributed by atoms with Crippen molar-refractivity contribution in [3.8, 4) is 0 Å². The van der Waals surface area contributed by atoms with Gasteiger partial charge in [0.25, 0.3) is 0 Å². The summed E-state index contributed by atoms with van der Waals surface area (Å²) in [4.78, 5) is 0. The van der Waals surface area contributed by atoms with Crippen molar-refractivity contribution in [1.29, 1.82) is 0 Å². The third-order valence-electron chi connectivity index (χ3n) is 3.68. The lowest BCUT2D eigenvalue weighted by Crippen LogP contribution is -2.19. The predicted molar refractivity (Wildman–Crippen MR) is 64.7 cm³/mol. The van der Waals surface area contributed by atoms with Crippen LogP contribution in [-0.4, -0.2) is 7.05 Å². The van der Waals surface area contributed by atoms with E-state index in [0.29, 0.717) is 5.92 Å². The highest BCUT2D eigenvalue weighted by atomic mass is 19.1. The number of benzene rings is 1. The molecule has 0 radical (unpaired) electrons. The van der Waals surface area contributed by atoms with E-state index in [1.165, 1.54) is 37.8 Å². The Hall–Kier alpha value is -0.960. The maximum Gasteiger partial charge on any atom is 0.126 e. The molecule has 0 heterocycles. The van der Waals surface area contributed by atoms with Crippen molar-refractivity contribution >= 4 is 0 Å². The maximum atomic E-state index is 13.2. The minimum atomic E-state index is -0.494. The first kappa shape index (κ1) is 12.5. The Bertz CT molecular complexity index is 352. The van der Waals surface area contributed by atoms with Gasteiger partial charge in [-0.1, -0.05) is 25.7 Å². The van der Waals surface area contributed by atoms with Gasteiger partial charge in [0.2, 0.25) is 0 Å². The SMILES string of the molecule is CNC(CC1CCCC1)c1cc(F)cc(F)c1. The first-order chi connectivity index (χ1) is 8.19. The summed E-state index contributed by atoms with van der Waals surface area (Å²) in [6, 6.07) is 3.84. The Morgan fingerprint density at radius 1 is 1.18 bits per heavy atom. The van der Waals surface area contributed by atoms with E-state index >= 15 is 0 Å². The Labute approximate surface area is 101 Å². The molecule has 17 heavy (non-hydrogen) atoms. The van der Waals surface area contributed by atoms with Crippen LogP contribution in [0.2, 0.25) is 0 Å². The highest BCUT2D eigenvalue weighted by Gasteiger charge is 2.21. The Morgan fingerprint density at radius 3 is 2.29 bits per heavy atom. The largest absolute Gasteiger partial charge is 0.313 e. The average Bonchev–Trinajstić information content (AvgIpc) is 2.77. The van der Waals surface area contributed by atoms with E-state index in [1.807, 2.05) is 7.05 Å². The summed E-state index contributed by atoms with van der Waals surface area (Å²) in [7, 11) is 1.85. The molecule has 0 bridgehead atoms. The van der Waals surface area contributed by atoms with E-state index in [0.717, 1.165) is 18.1 Å². The minimum absolute atomic E-state index is 0.0586. The molecule has 1 aromatic rings. The van der Waals surface area contributed by atoms with Gasteiger partial charge >= 0.3 is 0 Å². The molecule has 94 valence electrons. The quantitative estimate of drug-likeness (QED) is 0.842. The summed E-state index contributed by atoms with van der Waals surface area (Å²) in [6.45, 7) is 0. The lowest BCUT2D eigenvalue weighted by atomic mass is 9.93. The van der Waals surface area contributed by atoms with Gasteiger partial charge in [-0.05, 0) is 37.1 Å². The van der Waals surface area contributed by atoms with Gasteiger partial charge in [-0.3, -0.25) is 0 Å². The molecule has 1 aliphatic carbocycles. The van der Waals surface area contributed by atoms with Gasteiger partial charge in [-0.15, -0.1) is 0 Å². The lowest BCUT2D eigenvalue weighted by molar-refractivity contribution is 0.410. The summed E-state index contributed by atoms with van der Waals surface area (Å²) in [5.41, 5.74) is 0.719. The normalized spacial score (nSPS) is 18.5. The molecule has 0 spiro atoms. The van der Waals surface area contributed by atoms with Crippen LogP contribution < -0.4 is 5.32 Å². The first-order valence-corrected chi connectivity index (χ1v) is 6.32. The summed E-state index contributed by atoms with van der Waals surface area (Å²) in [6.07, 6.45) is 6.04. The second-order valence-corrected chi connectivity index (χ2v) is 4.93. The molecule has 1 nitrogen and oxygen atoms in total. The van der Waals surface area contributed by atoms with E-state index in [-0.39, 0.29) is 6.04 Å². The number of rotatable bonds is 4. The van der Waals surface area contributed by atoms with E-state index in [2.05, 4.69) is 5.32 Å². The van der Waals surface area contributed by atoms with Crippen LogP contribution in [0.5, 0.6) is 0 Å². The average molecular weight is 239 g/mol. The molecule has 0 amide bonds. The molecule has 1 saturated carbocycles. The fraction of sp³-hybridized carbons (Fsp3) is 0.571. The molecule has 1 aromatic carbocycles. The molecular weight excluding hydrogens is 220 g/mol. The van der Waals surface area contributed by atoms with Crippen molar-refractivity contribution in [1.82, 2.24) is 5.32 Å². The zero-order valence-electron chi connectivity index (χ0n) is 10.2. The first-order valence-electron chi connectivity index (χ1n) is 6.32. The third kappa shape index (κ3) is 3.25. The van der Waals surface area contributed by atoms with E-state index in [4.69, 9.17) is 0 Å². The topological polar surface area (TPSA) is 12.0 Å². The highest BCUT2D eigenvalue weighted by Crippen LogP contribution is 2.33. The summed E-state index contributed by atoms with van der Waals surface area (Å²) < 4.78 is 26.3. The summed E-state index contributed by atoms with van der Waals surface area (Å²) in [5, 5.41) is 3.17. The van der Waals surface area contributed by atoms with E-state index < -0.39 is 11.6 Å². The van der Waals surface area contributed by atoms with E-state index in [9.17, 15) is 8.78 Å². The van der Waals surface area contributed by atoms with Gasteiger partial charge in [0, 0.05) is 12.1 Å². The third-order valence-corrected chi connectivity index (χ3v) is 3.68. The number of hydrogen-bond acceptors (Lipinski definition) is 1. The molecule has 0 aromatic heterocycles. The van der Waals surface area contributed by atoms with Gasteiger partial charge in [0.15, 0.2) is 0 Å². The highest BCUT2D eigenvalue weighted by molar-refractivity contribution is 5.21. The fourth-order valence-electron chi connectivity index (χ4n) is 2.78. The van der Waals surface area contributed by atoms with Crippen molar-refractivity contribution in [3.63, 3.8) is 0 Å². The number of halogens is 2. The van der Waals surface area contributed by atoms with Gasteiger partial charge < -0.3 is 5.32 Å². The van der Waals surface area contributed by atoms with Crippen LogP contribution >= 0.6 is 0 Å².